The number of aliphatic hydroxyl groups excluding tert-OH is 1. The normalized spacial score (nSPS) is 15.1. The van der Waals surface area contributed by atoms with Gasteiger partial charge >= 0.3 is 7.82 Å². The Hall–Kier alpha value is -0.500. The largest absolute Gasteiger partial charge is 0.472 e. The standard InChI is InChI=1S/C31H65N2O6P/c1-6-8-10-12-14-16-17-18-20-22-24-30(34)29(28-39-40(36,37)38-27-26-33(3,4)5)32-31(35)25-23-21-19-15-13-11-9-7-2/h29-30,34H,6-28H2,1-5H3,(H-,32,35,36,37)/p+1/t29-,30+/m0/s1. The third kappa shape index (κ3) is 26.4. The summed E-state index contributed by atoms with van der Waals surface area (Å²) in [5, 5.41) is 13.7. The summed E-state index contributed by atoms with van der Waals surface area (Å²) < 4.78 is 23.3. The molecule has 3 N–H and O–H groups in total. The average molecular weight is 594 g/mol. The summed E-state index contributed by atoms with van der Waals surface area (Å²) in [6, 6.07) is -0.748. The summed E-state index contributed by atoms with van der Waals surface area (Å²) in [5.74, 6) is -0.152. The highest BCUT2D eigenvalue weighted by Crippen LogP contribution is 2.43. The first-order valence-corrected chi connectivity index (χ1v) is 17.9. The van der Waals surface area contributed by atoms with E-state index in [9.17, 15) is 19.4 Å². The van der Waals surface area contributed by atoms with Gasteiger partial charge < -0.3 is 19.8 Å². The molecule has 0 aliphatic rings. The molecule has 9 heteroatoms. The van der Waals surface area contributed by atoms with E-state index in [0.717, 1.165) is 38.5 Å². The van der Waals surface area contributed by atoms with E-state index in [2.05, 4.69) is 19.2 Å². The Morgan fingerprint density at radius 1 is 0.750 bits per heavy atom. The lowest BCUT2D eigenvalue weighted by molar-refractivity contribution is -0.870. The van der Waals surface area contributed by atoms with Gasteiger partial charge in [-0.15, -0.1) is 0 Å². The summed E-state index contributed by atoms with van der Waals surface area (Å²) >= 11 is 0. The monoisotopic (exact) mass is 593 g/mol. The minimum atomic E-state index is -4.28. The minimum absolute atomic E-state index is 0.0773. The molecule has 0 heterocycles. The van der Waals surface area contributed by atoms with Crippen molar-refractivity contribution in [1.82, 2.24) is 5.32 Å². The first-order valence-electron chi connectivity index (χ1n) is 16.4. The molecule has 0 aliphatic carbocycles. The van der Waals surface area contributed by atoms with Gasteiger partial charge in [0.15, 0.2) is 0 Å². The second kappa shape index (κ2) is 25.0. The Kier molecular flexibility index (Phi) is 24.7. The Morgan fingerprint density at radius 2 is 1.20 bits per heavy atom. The van der Waals surface area contributed by atoms with Crippen molar-refractivity contribution in [3.05, 3.63) is 0 Å². The zero-order chi connectivity index (χ0) is 30.1. The van der Waals surface area contributed by atoms with Gasteiger partial charge in [-0.3, -0.25) is 13.8 Å². The number of phosphoric acid groups is 1. The number of carbonyl (C=O) groups excluding carboxylic acids is 1. The summed E-state index contributed by atoms with van der Waals surface area (Å²) in [5.41, 5.74) is 0. The van der Waals surface area contributed by atoms with E-state index >= 15 is 0 Å². The number of unbranched alkanes of at least 4 members (excludes halogenated alkanes) is 16. The van der Waals surface area contributed by atoms with Crippen LogP contribution in [-0.2, 0) is 18.4 Å². The molecule has 0 fully saturated rings. The van der Waals surface area contributed by atoms with E-state index in [-0.39, 0.29) is 19.1 Å². The highest BCUT2D eigenvalue weighted by Gasteiger charge is 2.28. The van der Waals surface area contributed by atoms with Crippen LogP contribution in [0.4, 0.5) is 0 Å². The zero-order valence-electron chi connectivity index (χ0n) is 26.8. The van der Waals surface area contributed by atoms with Crippen LogP contribution in [-0.4, -0.2) is 73.4 Å². The summed E-state index contributed by atoms with van der Waals surface area (Å²) in [4.78, 5) is 22.8. The second-order valence-corrected chi connectivity index (χ2v) is 14.0. The number of nitrogens with one attached hydrogen (secondary N) is 1. The smallest absolute Gasteiger partial charge is 0.391 e. The third-order valence-corrected chi connectivity index (χ3v) is 8.34. The van der Waals surface area contributed by atoms with E-state index in [1.165, 1.54) is 77.0 Å². The maximum absolute atomic E-state index is 12.6. The number of phosphoric ester groups is 1. The van der Waals surface area contributed by atoms with Gasteiger partial charge in [-0.25, -0.2) is 4.57 Å². The van der Waals surface area contributed by atoms with Crippen LogP contribution in [0.3, 0.4) is 0 Å². The van der Waals surface area contributed by atoms with Crippen molar-refractivity contribution in [2.75, 3.05) is 40.9 Å². The number of nitrogens with zero attached hydrogens (tertiary/aromatic N) is 1. The van der Waals surface area contributed by atoms with Crippen LogP contribution in [0.5, 0.6) is 0 Å². The van der Waals surface area contributed by atoms with Crippen LogP contribution in [0, 0.1) is 0 Å². The van der Waals surface area contributed by atoms with Crippen LogP contribution in [0.15, 0.2) is 0 Å². The van der Waals surface area contributed by atoms with E-state index in [1.807, 2.05) is 21.1 Å². The highest BCUT2D eigenvalue weighted by atomic mass is 31.2. The second-order valence-electron chi connectivity index (χ2n) is 12.5. The van der Waals surface area contributed by atoms with Gasteiger partial charge in [0.1, 0.15) is 13.2 Å². The maximum Gasteiger partial charge on any atom is 0.472 e. The Bertz CT molecular complexity index is 644. The average Bonchev–Trinajstić information content (AvgIpc) is 2.88. The van der Waals surface area contributed by atoms with Crippen LogP contribution in [0.25, 0.3) is 0 Å². The molecule has 0 radical (unpaired) electrons. The predicted octanol–water partition coefficient (Wildman–Crippen LogP) is 7.51. The number of carbonyl (C=O) groups is 1. The molecule has 3 atom stereocenters. The summed E-state index contributed by atoms with van der Waals surface area (Å²) in [7, 11) is 1.62. The van der Waals surface area contributed by atoms with Gasteiger partial charge in [-0.05, 0) is 12.8 Å². The number of hydrogen-bond donors (Lipinski definition) is 3. The Balaban J connectivity index is 4.56. The van der Waals surface area contributed by atoms with Crippen molar-refractivity contribution in [1.29, 1.82) is 0 Å². The molecule has 0 bridgehead atoms. The molecule has 240 valence electrons. The lowest BCUT2D eigenvalue weighted by atomic mass is 10.0. The van der Waals surface area contributed by atoms with Crippen molar-refractivity contribution in [2.45, 2.75) is 154 Å². The molecular formula is C31H66N2O6P+. The van der Waals surface area contributed by atoms with Gasteiger partial charge in [-0.2, -0.15) is 0 Å². The van der Waals surface area contributed by atoms with Crippen LogP contribution in [0.1, 0.15) is 142 Å². The molecule has 0 rings (SSSR count). The highest BCUT2D eigenvalue weighted by molar-refractivity contribution is 7.47. The fourth-order valence-corrected chi connectivity index (χ4v) is 5.37. The summed E-state index contributed by atoms with van der Waals surface area (Å²) in [6.45, 7) is 4.81. The molecule has 0 saturated heterocycles. The number of aliphatic hydroxyl groups is 1. The number of rotatable bonds is 29. The Morgan fingerprint density at radius 3 is 1.68 bits per heavy atom. The molecule has 0 aromatic carbocycles. The minimum Gasteiger partial charge on any atom is -0.391 e. The number of quaternary nitrogens is 1. The van der Waals surface area contributed by atoms with E-state index in [1.54, 1.807) is 0 Å². The van der Waals surface area contributed by atoms with Gasteiger partial charge in [0.05, 0.1) is 39.9 Å². The first kappa shape index (κ1) is 39.5. The predicted molar refractivity (Wildman–Crippen MR) is 166 cm³/mol. The molecule has 8 nitrogen and oxygen atoms in total. The maximum atomic E-state index is 12.6. The molecule has 0 spiro atoms. The quantitative estimate of drug-likeness (QED) is 0.0471. The molecule has 1 amide bonds. The fraction of sp³-hybridized carbons (Fsp3) is 0.968. The number of likely N-dealkylation sites (N-methyl/N-ethyl adjacent to an activating group) is 1. The van der Waals surface area contributed by atoms with Crippen molar-refractivity contribution in [3.8, 4) is 0 Å². The topological polar surface area (TPSA) is 105 Å². The molecular weight excluding hydrogens is 527 g/mol. The van der Waals surface area contributed by atoms with Gasteiger partial charge in [0.25, 0.3) is 0 Å². The third-order valence-electron chi connectivity index (χ3n) is 7.36. The Labute approximate surface area is 247 Å². The van der Waals surface area contributed by atoms with Gasteiger partial charge in [-0.1, -0.05) is 123 Å². The van der Waals surface area contributed by atoms with E-state index < -0.39 is 20.0 Å². The SMILES string of the molecule is CCCCCCCCCCCC[C@@H](O)[C@H](COP(=O)(O)OCC[N+](C)(C)C)NC(=O)CCCCCCCCCC. The van der Waals surface area contributed by atoms with E-state index in [4.69, 9.17) is 9.05 Å². The van der Waals surface area contributed by atoms with Crippen LogP contribution in [0.2, 0.25) is 0 Å². The van der Waals surface area contributed by atoms with E-state index in [0.29, 0.717) is 23.9 Å². The number of hydrogen-bond acceptors (Lipinski definition) is 5. The molecule has 0 saturated carbocycles. The molecule has 0 aromatic heterocycles. The molecule has 0 aliphatic heterocycles. The zero-order valence-corrected chi connectivity index (χ0v) is 27.7. The molecule has 0 aromatic rings. The van der Waals surface area contributed by atoms with Crippen molar-refractivity contribution in [3.63, 3.8) is 0 Å². The van der Waals surface area contributed by atoms with Crippen LogP contribution >= 0.6 is 7.82 Å². The summed E-state index contributed by atoms with van der Waals surface area (Å²) in [6.07, 6.45) is 21.3. The van der Waals surface area contributed by atoms with Crippen molar-refractivity contribution < 1.29 is 32.9 Å². The molecule has 1 unspecified atom stereocenters. The first-order chi connectivity index (χ1) is 19.0. The van der Waals surface area contributed by atoms with Gasteiger partial charge in [0.2, 0.25) is 5.91 Å². The van der Waals surface area contributed by atoms with Crippen molar-refractivity contribution in [2.24, 2.45) is 0 Å². The lowest BCUT2D eigenvalue weighted by Crippen LogP contribution is -2.46. The fourth-order valence-electron chi connectivity index (χ4n) is 4.63. The van der Waals surface area contributed by atoms with Crippen molar-refractivity contribution >= 4 is 13.7 Å². The number of amides is 1. The lowest BCUT2D eigenvalue weighted by Gasteiger charge is -2.26. The molecule has 40 heavy (non-hydrogen) atoms. The van der Waals surface area contributed by atoms with Crippen LogP contribution < -0.4 is 5.32 Å². The van der Waals surface area contributed by atoms with Gasteiger partial charge in [0, 0.05) is 6.42 Å².